The van der Waals surface area contributed by atoms with E-state index in [1.807, 2.05) is 12.3 Å². The molecule has 0 radical (unpaired) electrons. The number of rotatable bonds is 3. The monoisotopic (exact) mass is 310 g/mol. The Labute approximate surface area is 136 Å². The lowest BCUT2D eigenvalue weighted by Crippen LogP contribution is -2.34. The lowest BCUT2D eigenvalue weighted by Gasteiger charge is -2.29. The zero-order chi connectivity index (χ0) is 16.0. The van der Waals surface area contributed by atoms with Crippen molar-refractivity contribution in [3.05, 3.63) is 18.6 Å². The van der Waals surface area contributed by atoms with Gasteiger partial charge in [-0.15, -0.1) is 0 Å². The third-order valence-electron chi connectivity index (χ3n) is 5.82. The minimum Gasteiger partial charge on any atom is -0.356 e. The van der Waals surface area contributed by atoms with Crippen molar-refractivity contribution in [3.63, 3.8) is 0 Å². The van der Waals surface area contributed by atoms with Crippen molar-refractivity contribution in [2.45, 2.75) is 25.8 Å². The van der Waals surface area contributed by atoms with Crippen molar-refractivity contribution >= 4 is 16.9 Å². The molecule has 4 rings (SSSR count). The molecule has 1 N–H and O–H groups in total. The standard InChI is InChI=1S/C17H22N6/c1-17-8-13(7-12(17)9-23(10-17)6-4-18)22(2)16-14-3-5-19-15(14)20-11-21-16/h3,5,11-13H,6-10H2,1-2H3,(H,19,20,21). The lowest BCUT2D eigenvalue weighted by molar-refractivity contribution is 0.275. The molecule has 3 heterocycles. The van der Waals surface area contributed by atoms with Gasteiger partial charge in [-0.3, -0.25) is 4.90 Å². The summed E-state index contributed by atoms with van der Waals surface area (Å²) in [5.41, 5.74) is 1.21. The first kappa shape index (κ1) is 14.5. The maximum atomic E-state index is 8.93. The van der Waals surface area contributed by atoms with E-state index in [9.17, 15) is 0 Å². The second-order valence-corrected chi connectivity index (χ2v) is 7.32. The summed E-state index contributed by atoms with van der Waals surface area (Å²) in [4.78, 5) is 16.6. The van der Waals surface area contributed by atoms with Crippen LogP contribution >= 0.6 is 0 Å². The maximum absolute atomic E-state index is 8.93. The average Bonchev–Trinajstić information content (AvgIpc) is 3.18. The Bertz CT molecular complexity index is 762. The molecular formula is C17H22N6. The van der Waals surface area contributed by atoms with Crippen molar-refractivity contribution in [1.82, 2.24) is 19.9 Å². The van der Waals surface area contributed by atoms with Crippen molar-refractivity contribution in [2.75, 3.05) is 31.6 Å². The highest BCUT2D eigenvalue weighted by Gasteiger charge is 2.50. The topological polar surface area (TPSA) is 71.8 Å². The fourth-order valence-electron chi connectivity index (χ4n) is 4.61. The van der Waals surface area contributed by atoms with Crippen LogP contribution in [0.15, 0.2) is 18.6 Å². The Morgan fingerprint density at radius 1 is 1.52 bits per heavy atom. The van der Waals surface area contributed by atoms with E-state index in [1.165, 1.54) is 6.42 Å². The number of aromatic amines is 1. The normalized spacial score (nSPS) is 30.5. The van der Waals surface area contributed by atoms with E-state index in [-0.39, 0.29) is 0 Å². The van der Waals surface area contributed by atoms with Crippen molar-refractivity contribution in [1.29, 1.82) is 5.26 Å². The first-order valence-corrected chi connectivity index (χ1v) is 8.21. The van der Waals surface area contributed by atoms with Crippen LogP contribution in [0.1, 0.15) is 19.8 Å². The molecule has 3 atom stereocenters. The molecule has 3 unspecified atom stereocenters. The smallest absolute Gasteiger partial charge is 0.142 e. The maximum Gasteiger partial charge on any atom is 0.142 e. The third-order valence-corrected chi connectivity index (χ3v) is 5.82. The summed E-state index contributed by atoms with van der Waals surface area (Å²) in [5.74, 6) is 1.69. The Kier molecular flexibility index (Phi) is 3.27. The van der Waals surface area contributed by atoms with E-state index in [4.69, 9.17) is 5.26 Å². The summed E-state index contributed by atoms with van der Waals surface area (Å²) >= 11 is 0. The number of nitriles is 1. The van der Waals surface area contributed by atoms with Gasteiger partial charge < -0.3 is 9.88 Å². The minimum absolute atomic E-state index is 0.320. The molecule has 1 saturated heterocycles. The number of likely N-dealkylation sites (tertiary alicyclic amines) is 1. The number of nitrogens with one attached hydrogen (secondary N) is 1. The molecule has 0 spiro atoms. The molecule has 23 heavy (non-hydrogen) atoms. The second-order valence-electron chi connectivity index (χ2n) is 7.32. The summed E-state index contributed by atoms with van der Waals surface area (Å²) < 4.78 is 0. The van der Waals surface area contributed by atoms with Crippen molar-refractivity contribution in [2.24, 2.45) is 11.3 Å². The van der Waals surface area contributed by atoms with Crippen LogP contribution in [0.25, 0.3) is 11.0 Å². The molecule has 2 aliphatic rings. The molecule has 120 valence electrons. The first-order valence-electron chi connectivity index (χ1n) is 8.21. The highest BCUT2D eigenvalue weighted by molar-refractivity contribution is 5.87. The summed E-state index contributed by atoms with van der Waals surface area (Å²) in [6.07, 6.45) is 5.88. The molecule has 2 fully saturated rings. The molecule has 0 amide bonds. The SMILES string of the molecule is CN(c1ncnc2[nH]ccc12)C1CC2CN(CC#N)CC2(C)C1. The fraction of sp³-hybridized carbons (Fsp3) is 0.588. The zero-order valence-electron chi connectivity index (χ0n) is 13.7. The van der Waals surface area contributed by atoms with Crippen LogP contribution < -0.4 is 4.90 Å². The first-order chi connectivity index (χ1) is 11.1. The second kappa shape index (κ2) is 5.20. The van der Waals surface area contributed by atoms with Gasteiger partial charge in [-0.25, -0.2) is 9.97 Å². The Morgan fingerprint density at radius 3 is 3.17 bits per heavy atom. The molecule has 2 aromatic rings. The molecule has 1 aliphatic carbocycles. The van der Waals surface area contributed by atoms with Crippen LogP contribution in [0, 0.1) is 22.7 Å². The van der Waals surface area contributed by atoms with Gasteiger partial charge in [-0.05, 0) is 30.2 Å². The predicted molar refractivity (Wildman–Crippen MR) is 89.0 cm³/mol. The fourth-order valence-corrected chi connectivity index (χ4v) is 4.61. The predicted octanol–water partition coefficient (Wildman–Crippen LogP) is 2.02. The third kappa shape index (κ3) is 2.27. The van der Waals surface area contributed by atoms with Gasteiger partial charge in [0, 0.05) is 32.4 Å². The molecule has 1 aliphatic heterocycles. The lowest BCUT2D eigenvalue weighted by atomic mass is 9.83. The summed E-state index contributed by atoms with van der Waals surface area (Å²) in [7, 11) is 2.15. The number of hydrogen-bond donors (Lipinski definition) is 1. The van der Waals surface area contributed by atoms with Crippen LogP contribution in [-0.2, 0) is 0 Å². The number of nitrogens with zero attached hydrogens (tertiary/aromatic N) is 5. The van der Waals surface area contributed by atoms with Gasteiger partial charge >= 0.3 is 0 Å². The molecule has 0 bridgehead atoms. The van der Waals surface area contributed by atoms with Gasteiger partial charge in [0.05, 0.1) is 18.0 Å². The number of hydrogen-bond acceptors (Lipinski definition) is 5. The molecule has 1 saturated carbocycles. The molecule has 6 nitrogen and oxygen atoms in total. The van der Waals surface area contributed by atoms with Gasteiger partial charge in [0.2, 0.25) is 0 Å². The highest BCUT2D eigenvalue weighted by atomic mass is 15.2. The van der Waals surface area contributed by atoms with E-state index >= 15 is 0 Å². The Balaban J connectivity index is 1.55. The van der Waals surface area contributed by atoms with Gasteiger partial charge in [0.1, 0.15) is 17.8 Å². The minimum atomic E-state index is 0.320. The van der Waals surface area contributed by atoms with E-state index in [0.717, 1.165) is 36.4 Å². The molecule has 2 aromatic heterocycles. The van der Waals surface area contributed by atoms with E-state index in [0.29, 0.717) is 23.9 Å². The summed E-state index contributed by atoms with van der Waals surface area (Å²) in [5, 5.41) is 10.0. The summed E-state index contributed by atoms with van der Waals surface area (Å²) in [6.45, 7) is 5.04. The van der Waals surface area contributed by atoms with E-state index in [2.05, 4.69) is 44.8 Å². The largest absolute Gasteiger partial charge is 0.356 e. The Morgan fingerprint density at radius 2 is 2.39 bits per heavy atom. The van der Waals surface area contributed by atoms with Crippen LogP contribution in [0.4, 0.5) is 5.82 Å². The van der Waals surface area contributed by atoms with Gasteiger partial charge in [-0.2, -0.15) is 5.26 Å². The van der Waals surface area contributed by atoms with Crippen molar-refractivity contribution < 1.29 is 0 Å². The number of fused-ring (bicyclic) bond motifs is 2. The number of aromatic nitrogens is 3. The van der Waals surface area contributed by atoms with Crippen molar-refractivity contribution in [3.8, 4) is 6.07 Å². The number of H-pyrrole nitrogens is 1. The zero-order valence-corrected chi connectivity index (χ0v) is 13.7. The van der Waals surface area contributed by atoms with E-state index < -0.39 is 0 Å². The van der Waals surface area contributed by atoms with Crippen LogP contribution in [0.2, 0.25) is 0 Å². The number of anilines is 1. The van der Waals surface area contributed by atoms with Crippen LogP contribution in [-0.4, -0.2) is 52.6 Å². The Hall–Kier alpha value is -2.13. The highest BCUT2D eigenvalue weighted by Crippen LogP contribution is 2.50. The van der Waals surface area contributed by atoms with Gasteiger partial charge in [-0.1, -0.05) is 6.92 Å². The van der Waals surface area contributed by atoms with E-state index in [1.54, 1.807) is 6.33 Å². The average molecular weight is 310 g/mol. The van der Waals surface area contributed by atoms with Crippen LogP contribution in [0.5, 0.6) is 0 Å². The quantitative estimate of drug-likeness (QED) is 0.878. The van der Waals surface area contributed by atoms with Gasteiger partial charge in [0.25, 0.3) is 0 Å². The van der Waals surface area contributed by atoms with Gasteiger partial charge in [0.15, 0.2) is 0 Å². The van der Waals surface area contributed by atoms with Crippen LogP contribution in [0.3, 0.4) is 0 Å². The molecule has 6 heteroatoms. The molecular weight excluding hydrogens is 288 g/mol. The summed E-state index contributed by atoms with van der Waals surface area (Å²) in [6, 6.07) is 4.84. The molecule has 0 aromatic carbocycles.